The average Bonchev–Trinajstić information content (AvgIpc) is 2.99. The van der Waals surface area contributed by atoms with E-state index in [1.165, 1.54) is 0 Å². The molecule has 1 N–H and O–H groups in total. The summed E-state index contributed by atoms with van der Waals surface area (Å²) < 4.78 is 6.00. The van der Waals surface area contributed by atoms with E-state index in [-0.39, 0.29) is 23.7 Å². The molecule has 0 radical (unpaired) electrons. The highest BCUT2D eigenvalue weighted by Crippen LogP contribution is 2.35. The quantitative estimate of drug-likeness (QED) is 0.210. The number of Topliss-reactive ketones (excluding diaryl/α,β-unsaturated/α-hetero) is 1. The molecular weight excluding hydrogens is 508 g/mol. The Hall–Kier alpha value is -4.38. The van der Waals surface area contributed by atoms with E-state index in [1.54, 1.807) is 0 Å². The molecule has 41 heavy (non-hydrogen) atoms. The van der Waals surface area contributed by atoms with Gasteiger partial charge in [-0.3, -0.25) is 9.59 Å². The van der Waals surface area contributed by atoms with Crippen LogP contribution >= 0.6 is 0 Å². The first-order chi connectivity index (χ1) is 20.0. The molecule has 1 heterocycles. The number of carbonyl (C=O) groups is 2. The van der Waals surface area contributed by atoms with Crippen molar-refractivity contribution in [2.24, 2.45) is 5.92 Å². The number of nitrogens with zero attached hydrogens (tertiary/aromatic N) is 1. The van der Waals surface area contributed by atoms with Crippen LogP contribution in [-0.2, 0) is 11.2 Å². The number of rotatable bonds is 10. The predicted molar refractivity (Wildman–Crippen MR) is 165 cm³/mol. The van der Waals surface area contributed by atoms with E-state index < -0.39 is 0 Å². The molecule has 5 nitrogen and oxygen atoms in total. The number of para-hydroxylation sites is 2. The van der Waals surface area contributed by atoms with Crippen molar-refractivity contribution >= 4 is 17.4 Å². The maximum absolute atomic E-state index is 13.2. The number of carbonyl (C=O) groups excluding carboxylic acids is 2. The summed E-state index contributed by atoms with van der Waals surface area (Å²) in [5.74, 6) is 1.58. The average molecular weight is 547 g/mol. The third-order valence-electron chi connectivity index (χ3n) is 7.71. The number of piperidine rings is 1. The van der Waals surface area contributed by atoms with Crippen LogP contribution in [0.3, 0.4) is 0 Å². The van der Waals surface area contributed by atoms with Gasteiger partial charge in [-0.15, -0.1) is 0 Å². The van der Waals surface area contributed by atoms with E-state index in [4.69, 9.17) is 4.74 Å². The van der Waals surface area contributed by atoms with Gasteiger partial charge in [-0.25, -0.2) is 0 Å². The van der Waals surface area contributed by atoms with Gasteiger partial charge in [-0.2, -0.15) is 0 Å². The fourth-order valence-electron chi connectivity index (χ4n) is 5.67. The second kappa shape index (κ2) is 13.3. The summed E-state index contributed by atoms with van der Waals surface area (Å²) >= 11 is 0. The minimum Gasteiger partial charge on any atom is -0.457 e. The van der Waals surface area contributed by atoms with E-state index in [2.05, 4.69) is 34.5 Å². The van der Waals surface area contributed by atoms with Crippen LogP contribution in [-0.4, -0.2) is 30.8 Å². The molecular formula is C36H38N2O3. The van der Waals surface area contributed by atoms with Crippen molar-refractivity contribution < 1.29 is 14.3 Å². The molecule has 5 heteroatoms. The van der Waals surface area contributed by atoms with Crippen LogP contribution in [0.4, 0.5) is 5.69 Å². The van der Waals surface area contributed by atoms with E-state index >= 15 is 0 Å². The maximum atomic E-state index is 13.2. The van der Waals surface area contributed by atoms with Gasteiger partial charge in [0.05, 0.1) is 11.5 Å². The minimum atomic E-state index is -0.136. The Bertz CT molecular complexity index is 1430. The standard InChI is InChI=1S/C36H38N2O3/c1-26(2)37-36(40)35(28-11-5-3-6-12-28)29-21-23-38(24-22-29)30-19-17-27(18-20-30)25-33(39)32-15-9-10-16-34(32)41-31-13-7-4-8-14-31/h3-20,26,29,35H,21-25H2,1-2H3,(H,37,40). The number of hydrogen-bond donors (Lipinski definition) is 1. The van der Waals surface area contributed by atoms with Crippen LogP contribution in [0.25, 0.3) is 0 Å². The number of ether oxygens (including phenoxy) is 1. The molecule has 1 unspecified atom stereocenters. The van der Waals surface area contributed by atoms with Gasteiger partial charge in [0.15, 0.2) is 5.78 Å². The molecule has 0 spiro atoms. The monoisotopic (exact) mass is 546 g/mol. The Labute approximate surface area is 243 Å². The first kappa shape index (κ1) is 28.2. The van der Waals surface area contributed by atoms with Crippen LogP contribution in [0.1, 0.15) is 54.1 Å². The van der Waals surface area contributed by atoms with Crippen molar-refractivity contribution in [2.45, 2.75) is 45.1 Å². The van der Waals surface area contributed by atoms with Crippen LogP contribution in [0.2, 0.25) is 0 Å². The maximum Gasteiger partial charge on any atom is 0.228 e. The molecule has 1 fully saturated rings. The lowest BCUT2D eigenvalue weighted by Gasteiger charge is -2.37. The van der Waals surface area contributed by atoms with Crippen molar-refractivity contribution in [1.82, 2.24) is 5.32 Å². The first-order valence-electron chi connectivity index (χ1n) is 14.5. The molecule has 4 aromatic rings. The second-order valence-corrected chi connectivity index (χ2v) is 11.1. The first-order valence-corrected chi connectivity index (χ1v) is 14.5. The number of nitrogens with one attached hydrogen (secondary N) is 1. The summed E-state index contributed by atoms with van der Waals surface area (Å²) in [7, 11) is 0. The molecule has 4 aromatic carbocycles. The van der Waals surface area contributed by atoms with Crippen molar-refractivity contribution in [1.29, 1.82) is 0 Å². The van der Waals surface area contributed by atoms with Crippen molar-refractivity contribution in [3.63, 3.8) is 0 Å². The predicted octanol–water partition coefficient (Wildman–Crippen LogP) is 7.43. The third kappa shape index (κ3) is 7.23. The molecule has 1 aliphatic rings. The molecule has 0 saturated carbocycles. The normalized spacial score (nSPS) is 14.5. The van der Waals surface area contributed by atoms with Gasteiger partial charge in [-0.05, 0) is 80.1 Å². The van der Waals surface area contributed by atoms with Gasteiger partial charge >= 0.3 is 0 Å². The smallest absolute Gasteiger partial charge is 0.228 e. The number of anilines is 1. The Morgan fingerprint density at radius 1 is 0.805 bits per heavy atom. The molecule has 5 rings (SSSR count). The molecule has 0 aromatic heterocycles. The zero-order valence-electron chi connectivity index (χ0n) is 23.8. The zero-order valence-corrected chi connectivity index (χ0v) is 23.8. The fourth-order valence-corrected chi connectivity index (χ4v) is 5.67. The lowest BCUT2D eigenvalue weighted by atomic mass is 9.79. The Morgan fingerprint density at radius 2 is 1.41 bits per heavy atom. The molecule has 0 aliphatic carbocycles. The van der Waals surface area contributed by atoms with Gasteiger partial charge in [-0.1, -0.05) is 72.8 Å². The van der Waals surface area contributed by atoms with Crippen LogP contribution in [0, 0.1) is 5.92 Å². The lowest BCUT2D eigenvalue weighted by molar-refractivity contribution is -0.124. The van der Waals surface area contributed by atoms with Gasteiger partial charge < -0.3 is 15.0 Å². The largest absolute Gasteiger partial charge is 0.457 e. The SMILES string of the molecule is CC(C)NC(=O)C(c1ccccc1)C1CCN(c2ccc(CC(=O)c3ccccc3Oc3ccccc3)cc2)CC1. The summed E-state index contributed by atoms with van der Waals surface area (Å²) in [4.78, 5) is 28.8. The Morgan fingerprint density at radius 3 is 2.07 bits per heavy atom. The summed E-state index contributed by atoms with van der Waals surface area (Å²) in [6, 6.07) is 35.5. The summed E-state index contributed by atoms with van der Waals surface area (Å²) in [5, 5.41) is 3.14. The molecule has 0 bridgehead atoms. The highest BCUT2D eigenvalue weighted by molar-refractivity contribution is 6.00. The van der Waals surface area contributed by atoms with Gasteiger partial charge in [0, 0.05) is 31.2 Å². The van der Waals surface area contributed by atoms with Crippen LogP contribution < -0.4 is 15.0 Å². The van der Waals surface area contributed by atoms with Gasteiger partial charge in [0.2, 0.25) is 5.91 Å². The highest BCUT2D eigenvalue weighted by atomic mass is 16.5. The third-order valence-corrected chi connectivity index (χ3v) is 7.71. The van der Waals surface area contributed by atoms with E-state index in [9.17, 15) is 9.59 Å². The minimum absolute atomic E-state index is 0.0247. The molecule has 1 atom stereocenters. The van der Waals surface area contributed by atoms with E-state index in [0.717, 1.165) is 42.7 Å². The molecule has 210 valence electrons. The van der Waals surface area contributed by atoms with E-state index in [0.29, 0.717) is 29.4 Å². The summed E-state index contributed by atoms with van der Waals surface area (Å²) in [6.45, 7) is 5.81. The molecule has 1 aliphatic heterocycles. The van der Waals surface area contributed by atoms with Crippen molar-refractivity contribution in [2.75, 3.05) is 18.0 Å². The van der Waals surface area contributed by atoms with Crippen LogP contribution in [0.15, 0.2) is 109 Å². The lowest BCUT2D eigenvalue weighted by Crippen LogP contribution is -2.42. The second-order valence-electron chi connectivity index (χ2n) is 11.1. The summed E-state index contributed by atoms with van der Waals surface area (Å²) in [5.41, 5.74) is 3.79. The van der Waals surface area contributed by atoms with Gasteiger partial charge in [0.1, 0.15) is 11.5 Å². The Balaban J connectivity index is 1.21. The van der Waals surface area contributed by atoms with E-state index in [1.807, 2.05) is 98.8 Å². The fraction of sp³-hybridized carbons (Fsp3) is 0.278. The number of amides is 1. The number of benzene rings is 4. The molecule has 1 amide bonds. The zero-order chi connectivity index (χ0) is 28.6. The highest BCUT2D eigenvalue weighted by Gasteiger charge is 2.33. The Kier molecular flexibility index (Phi) is 9.15. The summed E-state index contributed by atoms with van der Waals surface area (Å²) in [6.07, 6.45) is 2.20. The van der Waals surface area contributed by atoms with Crippen molar-refractivity contribution in [3.05, 3.63) is 126 Å². The topological polar surface area (TPSA) is 58.6 Å². The van der Waals surface area contributed by atoms with Gasteiger partial charge in [0.25, 0.3) is 0 Å². The van der Waals surface area contributed by atoms with Crippen molar-refractivity contribution in [3.8, 4) is 11.5 Å². The molecule has 1 saturated heterocycles. The number of ketones is 1. The van der Waals surface area contributed by atoms with Crippen LogP contribution in [0.5, 0.6) is 11.5 Å². The number of hydrogen-bond acceptors (Lipinski definition) is 4.